The van der Waals surface area contributed by atoms with Gasteiger partial charge in [-0.05, 0) is 65.2 Å². The van der Waals surface area contributed by atoms with Gasteiger partial charge < -0.3 is 10.2 Å². The van der Waals surface area contributed by atoms with E-state index in [9.17, 15) is 4.79 Å². The normalized spacial score (nSPS) is 26.6. The second-order valence-electron chi connectivity index (χ2n) is 6.54. The van der Waals surface area contributed by atoms with E-state index < -0.39 is 0 Å². The van der Waals surface area contributed by atoms with Crippen LogP contribution in [0.3, 0.4) is 0 Å². The number of nitrogens with one attached hydrogen (secondary N) is 1. The lowest BCUT2D eigenvalue weighted by Crippen LogP contribution is -2.52. The molecule has 0 bridgehead atoms. The summed E-state index contributed by atoms with van der Waals surface area (Å²) < 4.78 is 0. The summed E-state index contributed by atoms with van der Waals surface area (Å²) in [5, 5.41) is 3.15. The van der Waals surface area contributed by atoms with E-state index in [-0.39, 0.29) is 0 Å². The van der Waals surface area contributed by atoms with Crippen molar-refractivity contribution in [2.45, 2.75) is 51.0 Å². The molecular weight excluding hydrogens is 250 g/mol. The molecule has 0 aromatic rings. The van der Waals surface area contributed by atoms with Crippen molar-refractivity contribution < 1.29 is 4.79 Å². The van der Waals surface area contributed by atoms with Crippen molar-refractivity contribution in [3.8, 4) is 0 Å². The minimum Gasteiger partial charge on any atom is -0.338 e. The summed E-state index contributed by atoms with van der Waals surface area (Å²) >= 11 is 0. The van der Waals surface area contributed by atoms with Crippen LogP contribution < -0.4 is 5.32 Å². The van der Waals surface area contributed by atoms with Crippen LogP contribution in [0.1, 0.15) is 44.9 Å². The fraction of sp³-hybridized carbons (Fsp3) is 0.938. The molecule has 116 valence electrons. The van der Waals surface area contributed by atoms with E-state index in [0.29, 0.717) is 18.5 Å². The highest BCUT2D eigenvalue weighted by atomic mass is 16.2. The SMILES string of the molecule is CNCCCN(C)CC(=O)N1CCCC2CCCCC21. The largest absolute Gasteiger partial charge is 0.338 e. The summed E-state index contributed by atoms with van der Waals surface area (Å²) in [5.74, 6) is 1.14. The second-order valence-corrected chi connectivity index (χ2v) is 6.54. The van der Waals surface area contributed by atoms with Crippen LogP contribution in [0.15, 0.2) is 0 Å². The van der Waals surface area contributed by atoms with Crippen molar-refractivity contribution in [1.29, 1.82) is 0 Å². The zero-order valence-electron chi connectivity index (χ0n) is 13.2. The van der Waals surface area contributed by atoms with Crippen LogP contribution in [0.4, 0.5) is 0 Å². The zero-order valence-corrected chi connectivity index (χ0v) is 13.2. The number of hydrogen-bond donors (Lipinski definition) is 1. The van der Waals surface area contributed by atoms with Gasteiger partial charge in [-0.3, -0.25) is 9.69 Å². The van der Waals surface area contributed by atoms with Gasteiger partial charge in [-0.1, -0.05) is 12.8 Å². The maximum absolute atomic E-state index is 12.6. The van der Waals surface area contributed by atoms with Crippen molar-refractivity contribution in [2.24, 2.45) is 5.92 Å². The Morgan fingerprint density at radius 2 is 2.00 bits per heavy atom. The van der Waals surface area contributed by atoms with Gasteiger partial charge >= 0.3 is 0 Å². The predicted octanol–water partition coefficient (Wildman–Crippen LogP) is 1.71. The molecule has 4 nitrogen and oxygen atoms in total. The average Bonchev–Trinajstić information content (AvgIpc) is 2.47. The second kappa shape index (κ2) is 7.99. The van der Waals surface area contributed by atoms with Gasteiger partial charge in [0.1, 0.15) is 0 Å². The molecule has 2 rings (SSSR count). The summed E-state index contributed by atoms with van der Waals surface area (Å²) in [5.41, 5.74) is 0. The van der Waals surface area contributed by atoms with Crippen LogP contribution in [0.25, 0.3) is 0 Å². The minimum atomic E-state index is 0.355. The fourth-order valence-electron chi connectivity index (χ4n) is 3.86. The Bertz CT molecular complexity index is 306. The number of rotatable bonds is 6. The Hall–Kier alpha value is -0.610. The molecule has 0 aromatic heterocycles. The first kappa shape index (κ1) is 15.8. The standard InChI is InChI=1S/C16H31N3O/c1-17-10-6-11-18(2)13-16(20)19-12-5-8-14-7-3-4-9-15(14)19/h14-15,17H,3-13H2,1-2H3. The molecule has 0 spiro atoms. The van der Waals surface area contributed by atoms with Crippen molar-refractivity contribution in [1.82, 2.24) is 15.1 Å². The van der Waals surface area contributed by atoms with Gasteiger partial charge in [-0.25, -0.2) is 0 Å². The fourth-order valence-corrected chi connectivity index (χ4v) is 3.86. The molecular formula is C16H31N3O. The minimum absolute atomic E-state index is 0.355. The molecule has 2 atom stereocenters. The van der Waals surface area contributed by atoms with E-state index >= 15 is 0 Å². The lowest BCUT2D eigenvalue weighted by atomic mass is 9.78. The zero-order chi connectivity index (χ0) is 14.4. The van der Waals surface area contributed by atoms with E-state index in [0.717, 1.165) is 32.0 Å². The highest BCUT2D eigenvalue weighted by Crippen LogP contribution is 2.35. The van der Waals surface area contributed by atoms with Gasteiger partial charge in [0.2, 0.25) is 5.91 Å². The number of fused-ring (bicyclic) bond motifs is 1. The maximum Gasteiger partial charge on any atom is 0.236 e. The van der Waals surface area contributed by atoms with Crippen molar-refractivity contribution in [3.05, 3.63) is 0 Å². The Morgan fingerprint density at radius 1 is 1.25 bits per heavy atom. The molecule has 0 radical (unpaired) electrons. The van der Waals surface area contributed by atoms with Gasteiger partial charge in [0.25, 0.3) is 0 Å². The molecule has 0 aromatic carbocycles. The third-order valence-electron chi connectivity index (χ3n) is 4.94. The summed E-state index contributed by atoms with van der Waals surface area (Å²) in [4.78, 5) is 16.9. The number of likely N-dealkylation sites (tertiary alicyclic amines) is 1. The quantitative estimate of drug-likeness (QED) is 0.753. The van der Waals surface area contributed by atoms with Gasteiger partial charge in [0, 0.05) is 12.6 Å². The Balaban J connectivity index is 1.81. The molecule has 1 heterocycles. The number of hydrogen-bond acceptors (Lipinski definition) is 3. The van der Waals surface area contributed by atoms with Crippen LogP contribution in [-0.2, 0) is 4.79 Å². The summed E-state index contributed by atoms with van der Waals surface area (Å²) in [7, 11) is 4.04. The molecule has 2 fully saturated rings. The van der Waals surface area contributed by atoms with Crippen LogP contribution >= 0.6 is 0 Å². The predicted molar refractivity (Wildman–Crippen MR) is 82.7 cm³/mol. The average molecular weight is 281 g/mol. The number of piperidine rings is 1. The van der Waals surface area contributed by atoms with Crippen LogP contribution in [0, 0.1) is 5.92 Å². The Morgan fingerprint density at radius 3 is 2.80 bits per heavy atom. The molecule has 1 saturated carbocycles. The number of amides is 1. The Labute approximate surface area is 123 Å². The lowest BCUT2D eigenvalue weighted by molar-refractivity contribution is -0.138. The topological polar surface area (TPSA) is 35.6 Å². The van der Waals surface area contributed by atoms with Crippen LogP contribution in [0.5, 0.6) is 0 Å². The molecule has 1 amide bonds. The van der Waals surface area contributed by atoms with Crippen LogP contribution in [-0.4, -0.2) is 62.0 Å². The molecule has 1 N–H and O–H groups in total. The lowest BCUT2D eigenvalue weighted by Gasteiger charge is -2.44. The van der Waals surface area contributed by atoms with Gasteiger partial charge in [0.15, 0.2) is 0 Å². The Kier molecular flexibility index (Phi) is 6.30. The van der Waals surface area contributed by atoms with Gasteiger partial charge in [-0.15, -0.1) is 0 Å². The van der Waals surface area contributed by atoms with E-state index in [1.165, 1.54) is 38.5 Å². The van der Waals surface area contributed by atoms with E-state index in [1.807, 2.05) is 7.05 Å². The molecule has 1 aliphatic heterocycles. The van der Waals surface area contributed by atoms with E-state index in [1.54, 1.807) is 0 Å². The van der Waals surface area contributed by atoms with Crippen molar-refractivity contribution >= 4 is 5.91 Å². The first-order chi connectivity index (χ1) is 9.72. The third kappa shape index (κ3) is 4.19. The number of carbonyl (C=O) groups is 1. The molecule has 2 aliphatic rings. The van der Waals surface area contributed by atoms with Crippen molar-refractivity contribution in [3.63, 3.8) is 0 Å². The molecule has 4 heteroatoms. The summed E-state index contributed by atoms with van der Waals surface area (Å²) in [6, 6.07) is 0.552. The monoisotopic (exact) mass is 281 g/mol. The third-order valence-corrected chi connectivity index (χ3v) is 4.94. The first-order valence-electron chi connectivity index (χ1n) is 8.35. The summed E-state index contributed by atoms with van der Waals surface area (Å²) in [6.45, 7) is 3.60. The van der Waals surface area contributed by atoms with Gasteiger partial charge in [-0.2, -0.15) is 0 Å². The highest BCUT2D eigenvalue weighted by molar-refractivity contribution is 5.78. The number of likely N-dealkylation sites (N-methyl/N-ethyl adjacent to an activating group) is 1. The van der Waals surface area contributed by atoms with Crippen molar-refractivity contribution in [2.75, 3.05) is 40.3 Å². The molecule has 1 aliphatic carbocycles. The smallest absolute Gasteiger partial charge is 0.236 e. The van der Waals surface area contributed by atoms with Gasteiger partial charge in [0.05, 0.1) is 6.54 Å². The maximum atomic E-state index is 12.6. The molecule has 2 unspecified atom stereocenters. The summed E-state index contributed by atoms with van der Waals surface area (Å²) in [6.07, 6.45) is 8.90. The van der Waals surface area contributed by atoms with E-state index in [2.05, 4.69) is 22.2 Å². The van der Waals surface area contributed by atoms with Crippen LogP contribution in [0.2, 0.25) is 0 Å². The molecule has 20 heavy (non-hydrogen) atoms. The van der Waals surface area contributed by atoms with E-state index in [4.69, 9.17) is 0 Å². The number of carbonyl (C=O) groups excluding carboxylic acids is 1. The molecule has 1 saturated heterocycles. The first-order valence-corrected chi connectivity index (χ1v) is 8.35. The number of nitrogens with zero attached hydrogens (tertiary/aromatic N) is 2. The highest BCUT2D eigenvalue weighted by Gasteiger charge is 2.35.